The van der Waals surface area contributed by atoms with Crippen LogP contribution >= 0.6 is 11.6 Å². The molecule has 1 aliphatic heterocycles. The second kappa shape index (κ2) is 6.96. The number of hydrogen-bond donors (Lipinski definition) is 1. The minimum absolute atomic E-state index is 0.0148. The number of imide groups is 1. The molecule has 0 radical (unpaired) electrons. The Kier molecular flexibility index (Phi) is 4.58. The van der Waals surface area contributed by atoms with Gasteiger partial charge < -0.3 is 9.84 Å². The number of carboxylic acids is 1. The van der Waals surface area contributed by atoms with Crippen LogP contribution in [-0.4, -0.2) is 45.6 Å². The lowest BCUT2D eigenvalue weighted by atomic mass is 9.85. The summed E-state index contributed by atoms with van der Waals surface area (Å²) in [7, 11) is 0. The summed E-state index contributed by atoms with van der Waals surface area (Å²) >= 11 is 5.91. The van der Waals surface area contributed by atoms with Gasteiger partial charge in [-0.05, 0) is 24.3 Å². The highest BCUT2D eigenvalue weighted by Gasteiger charge is 2.59. The number of hydrazone groups is 1. The van der Waals surface area contributed by atoms with Gasteiger partial charge in [-0.2, -0.15) is 10.1 Å². The summed E-state index contributed by atoms with van der Waals surface area (Å²) < 4.78 is 5.04. The molecule has 10 nitrogen and oxygen atoms in total. The first-order valence-electron chi connectivity index (χ1n) is 8.70. The van der Waals surface area contributed by atoms with Crippen molar-refractivity contribution in [2.45, 2.75) is 6.42 Å². The Bertz CT molecular complexity index is 975. The number of benzene rings is 1. The van der Waals surface area contributed by atoms with Crippen molar-refractivity contribution in [1.82, 2.24) is 5.01 Å². The summed E-state index contributed by atoms with van der Waals surface area (Å²) in [5.74, 6) is -3.39. The molecule has 1 saturated carbocycles. The van der Waals surface area contributed by atoms with E-state index in [9.17, 15) is 24.5 Å². The van der Waals surface area contributed by atoms with Crippen LogP contribution in [0.4, 0.5) is 5.69 Å². The zero-order chi connectivity index (χ0) is 20.9. The summed E-state index contributed by atoms with van der Waals surface area (Å²) in [5.41, 5.74) is -0.581. The van der Waals surface area contributed by atoms with Gasteiger partial charge in [-0.25, -0.2) is 4.79 Å². The highest BCUT2D eigenvalue weighted by molar-refractivity contribution is 6.31. The van der Waals surface area contributed by atoms with E-state index in [-0.39, 0.29) is 28.2 Å². The van der Waals surface area contributed by atoms with E-state index in [1.54, 1.807) is 0 Å². The molecule has 1 aromatic rings. The van der Waals surface area contributed by atoms with E-state index in [1.807, 2.05) is 12.2 Å². The van der Waals surface area contributed by atoms with Gasteiger partial charge in [0.1, 0.15) is 0 Å². The van der Waals surface area contributed by atoms with Crippen LogP contribution in [0.5, 0.6) is 5.75 Å². The molecule has 4 rings (SSSR count). The number of carbonyl (C=O) groups is 3. The van der Waals surface area contributed by atoms with Gasteiger partial charge >= 0.3 is 11.7 Å². The van der Waals surface area contributed by atoms with Crippen LogP contribution in [0.1, 0.15) is 12.0 Å². The number of carbonyl (C=O) groups excluding carboxylic acids is 2. The number of ether oxygens (including phenoxy) is 1. The highest BCUT2D eigenvalue weighted by Crippen LogP contribution is 2.52. The van der Waals surface area contributed by atoms with Gasteiger partial charge in [0.15, 0.2) is 6.61 Å². The fourth-order valence-corrected chi connectivity index (χ4v) is 4.46. The Balaban J connectivity index is 1.66. The van der Waals surface area contributed by atoms with E-state index in [2.05, 4.69) is 5.10 Å². The number of nitro groups is 1. The molecule has 29 heavy (non-hydrogen) atoms. The number of hydrogen-bond acceptors (Lipinski definition) is 7. The lowest BCUT2D eigenvalue weighted by Crippen LogP contribution is -2.28. The van der Waals surface area contributed by atoms with E-state index in [0.29, 0.717) is 0 Å². The van der Waals surface area contributed by atoms with Crippen molar-refractivity contribution in [3.8, 4) is 5.75 Å². The Morgan fingerprint density at radius 2 is 1.93 bits per heavy atom. The fraction of sp³-hybridized carbons (Fsp3) is 0.333. The maximum atomic E-state index is 12.7. The van der Waals surface area contributed by atoms with Crippen molar-refractivity contribution in [1.29, 1.82) is 0 Å². The number of halogens is 1. The summed E-state index contributed by atoms with van der Waals surface area (Å²) in [5, 5.41) is 24.8. The van der Waals surface area contributed by atoms with Crippen LogP contribution in [0.25, 0.3) is 0 Å². The second-order valence-corrected chi connectivity index (χ2v) is 7.45. The average Bonchev–Trinajstić information content (AvgIpc) is 3.33. The zero-order valence-electron chi connectivity index (χ0n) is 14.7. The molecule has 4 atom stereocenters. The number of amides is 2. The molecule has 1 heterocycles. The van der Waals surface area contributed by atoms with Crippen molar-refractivity contribution in [2.24, 2.45) is 28.8 Å². The number of rotatable bonds is 6. The third-order valence-corrected chi connectivity index (χ3v) is 5.58. The van der Waals surface area contributed by atoms with Crippen LogP contribution in [-0.2, 0) is 14.4 Å². The molecule has 11 heteroatoms. The van der Waals surface area contributed by atoms with E-state index < -0.39 is 46.8 Å². The largest absolute Gasteiger partial charge is 0.479 e. The quantitative estimate of drug-likeness (QED) is 0.244. The molecule has 3 aliphatic rings. The molecule has 2 aliphatic carbocycles. The van der Waals surface area contributed by atoms with Gasteiger partial charge in [0.05, 0.1) is 23.0 Å². The van der Waals surface area contributed by atoms with Crippen LogP contribution in [0.3, 0.4) is 0 Å². The smallest absolute Gasteiger partial charge is 0.341 e. The minimum atomic E-state index is -1.34. The SMILES string of the molecule is O=C(O)COc1c(C=NN2C(=O)[C@@H]3[C@H](C2=O)[C@H]2C=C[C@H]3C2)cc(Cl)cc1[N+](=O)[O-]. The molecule has 0 spiro atoms. The lowest BCUT2D eigenvalue weighted by molar-refractivity contribution is -0.385. The Morgan fingerprint density at radius 1 is 1.31 bits per heavy atom. The third kappa shape index (κ3) is 3.15. The average molecular weight is 420 g/mol. The van der Waals surface area contributed by atoms with Crippen molar-refractivity contribution >= 4 is 41.3 Å². The maximum absolute atomic E-state index is 12.7. The molecule has 2 bridgehead atoms. The van der Waals surface area contributed by atoms with Crippen LogP contribution in [0.15, 0.2) is 29.4 Å². The van der Waals surface area contributed by atoms with Gasteiger partial charge in [-0.1, -0.05) is 23.8 Å². The molecule has 2 amide bonds. The zero-order valence-corrected chi connectivity index (χ0v) is 15.5. The second-order valence-electron chi connectivity index (χ2n) is 7.02. The van der Waals surface area contributed by atoms with Crippen LogP contribution in [0, 0.1) is 33.8 Å². The first kappa shape index (κ1) is 19.1. The molecule has 2 fully saturated rings. The Morgan fingerprint density at radius 3 is 2.48 bits per heavy atom. The molecular weight excluding hydrogens is 406 g/mol. The predicted octanol–water partition coefficient (Wildman–Crippen LogP) is 1.85. The minimum Gasteiger partial charge on any atom is -0.479 e. The Hall–Kier alpha value is -3.27. The van der Waals surface area contributed by atoms with Crippen LogP contribution in [0.2, 0.25) is 5.02 Å². The van der Waals surface area contributed by atoms with E-state index in [4.69, 9.17) is 21.4 Å². The number of carboxylic acid groups (broad SMARTS) is 1. The lowest BCUT2D eigenvalue weighted by Gasteiger charge is -2.13. The molecular formula is C18H14ClN3O7. The molecule has 0 aromatic heterocycles. The van der Waals surface area contributed by atoms with E-state index >= 15 is 0 Å². The van der Waals surface area contributed by atoms with Crippen LogP contribution < -0.4 is 4.74 Å². The predicted molar refractivity (Wildman–Crippen MR) is 98.4 cm³/mol. The number of aliphatic carboxylic acids is 1. The third-order valence-electron chi connectivity index (χ3n) is 5.36. The molecule has 0 unspecified atom stereocenters. The number of nitrogens with zero attached hydrogens (tertiary/aromatic N) is 3. The van der Waals surface area contributed by atoms with Gasteiger partial charge in [0.25, 0.3) is 11.8 Å². The number of allylic oxidation sites excluding steroid dienone is 2. The van der Waals surface area contributed by atoms with Gasteiger partial charge in [0.2, 0.25) is 5.75 Å². The summed E-state index contributed by atoms with van der Waals surface area (Å²) in [6, 6.07) is 2.28. The standard InChI is InChI=1S/C18H14ClN3O7/c19-11-4-10(16(29-7-13(23)24)12(5-11)22(27)28)6-20-21-17(25)14-8-1-2-9(3-8)15(14)18(21)26/h1-2,4-6,8-9,14-15H,3,7H2,(H,23,24)/t8-,9-,14-,15+/m0/s1. The summed E-state index contributed by atoms with van der Waals surface area (Å²) in [4.78, 5) is 46.7. The van der Waals surface area contributed by atoms with Gasteiger partial charge in [-0.15, -0.1) is 0 Å². The van der Waals surface area contributed by atoms with Crippen molar-refractivity contribution < 1.29 is 29.2 Å². The molecule has 1 N–H and O–H groups in total. The van der Waals surface area contributed by atoms with Crippen molar-refractivity contribution in [2.75, 3.05) is 6.61 Å². The van der Waals surface area contributed by atoms with Crippen molar-refractivity contribution in [3.63, 3.8) is 0 Å². The number of nitro benzene ring substituents is 1. The topological polar surface area (TPSA) is 139 Å². The van der Waals surface area contributed by atoms with E-state index in [0.717, 1.165) is 23.7 Å². The van der Waals surface area contributed by atoms with Gasteiger partial charge in [0, 0.05) is 16.7 Å². The number of fused-ring (bicyclic) bond motifs is 5. The molecule has 1 saturated heterocycles. The first-order chi connectivity index (χ1) is 13.8. The van der Waals surface area contributed by atoms with Gasteiger partial charge in [-0.3, -0.25) is 19.7 Å². The summed E-state index contributed by atoms with van der Waals surface area (Å²) in [6.45, 7) is -0.829. The normalized spacial score (nSPS) is 27.1. The fourth-order valence-electron chi connectivity index (χ4n) is 4.24. The first-order valence-corrected chi connectivity index (χ1v) is 9.08. The Labute approximate surface area is 168 Å². The maximum Gasteiger partial charge on any atom is 0.341 e. The molecule has 1 aromatic carbocycles. The van der Waals surface area contributed by atoms with E-state index in [1.165, 1.54) is 6.07 Å². The highest BCUT2D eigenvalue weighted by atomic mass is 35.5. The monoisotopic (exact) mass is 419 g/mol. The molecule has 150 valence electrons. The van der Waals surface area contributed by atoms with Crippen molar-refractivity contribution in [3.05, 3.63) is 45.0 Å². The summed E-state index contributed by atoms with van der Waals surface area (Å²) in [6.07, 6.45) is 5.71.